The number of aromatic nitrogens is 4. The molecule has 7 nitrogen and oxygen atoms in total. The Bertz CT molecular complexity index is 1200. The molecule has 4 aromatic rings. The van der Waals surface area contributed by atoms with E-state index in [4.69, 9.17) is 5.73 Å². The fourth-order valence-electron chi connectivity index (χ4n) is 3.93. The fourth-order valence-corrected chi connectivity index (χ4v) is 3.93. The second-order valence-electron chi connectivity index (χ2n) is 7.21. The van der Waals surface area contributed by atoms with Gasteiger partial charge in [-0.1, -0.05) is 18.2 Å². The molecule has 5 rings (SSSR count). The second-order valence-corrected chi connectivity index (χ2v) is 7.21. The van der Waals surface area contributed by atoms with Gasteiger partial charge in [-0.3, -0.25) is 9.78 Å². The van der Waals surface area contributed by atoms with Crippen LogP contribution in [0.3, 0.4) is 0 Å². The van der Waals surface area contributed by atoms with Crippen LogP contribution in [0.25, 0.3) is 22.2 Å². The van der Waals surface area contributed by atoms with E-state index in [2.05, 4.69) is 26.0 Å². The first-order chi connectivity index (χ1) is 14.2. The van der Waals surface area contributed by atoms with Gasteiger partial charge in [0.2, 0.25) is 11.9 Å². The Hall–Kier alpha value is -3.74. The van der Waals surface area contributed by atoms with Crippen molar-refractivity contribution in [2.75, 3.05) is 5.73 Å². The lowest BCUT2D eigenvalue weighted by Crippen LogP contribution is -2.25. The number of hydrogen-bond donors (Lipinski definition) is 2. The van der Waals surface area contributed by atoms with Gasteiger partial charge in [-0.2, -0.15) is 0 Å². The molecule has 3 N–H and O–H groups in total. The molecular weight excluding hydrogens is 364 g/mol. The van der Waals surface area contributed by atoms with Gasteiger partial charge in [0.1, 0.15) is 0 Å². The highest BCUT2D eigenvalue weighted by Gasteiger charge is 2.28. The lowest BCUT2D eigenvalue weighted by molar-refractivity contribution is -0.131. The normalized spacial score (nSPS) is 13.0. The highest BCUT2D eigenvalue weighted by Crippen LogP contribution is 2.31. The first-order valence-corrected chi connectivity index (χ1v) is 9.57. The van der Waals surface area contributed by atoms with Crippen molar-refractivity contribution in [1.29, 1.82) is 0 Å². The molecule has 7 heteroatoms. The zero-order valence-corrected chi connectivity index (χ0v) is 15.8. The van der Waals surface area contributed by atoms with Gasteiger partial charge in [-0.15, -0.1) is 0 Å². The predicted octanol–water partition coefficient (Wildman–Crippen LogP) is 3.08. The van der Waals surface area contributed by atoms with Crippen LogP contribution < -0.4 is 5.73 Å². The van der Waals surface area contributed by atoms with Crippen LogP contribution in [0.2, 0.25) is 0 Å². The number of carbonyl (C=O) groups is 1. The van der Waals surface area contributed by atoms with Crippen LogP contribution >= 0.6 is 0 Å². The molecule has 0 spiro atoms. The Morgan fingerprint density at radius 3 is 2.90 bits per heavy atom. The van der Waals surface area contributed by atoms with Crippen LogP contribution in [0, 0.1) is 0 Å². The molecule has 0 unspecified atom stereocenters. The SMILES string of the molecule is Nc1nc2c(c(-c3cccnc3)n1)CN(C(=O)CCc1c[nH]c3ccccc13)C2. The quantitative estimate of drug-likeness (QED) is 0.563. The minimum atomic E-state index is 0.101. The second kappa shape index (κ2) is 7.01. The van der Waals surface area contributed by atoms with Gasteiger partial charge < -0.3 is 15.6 Å². The van der Waals surface area contributed by atoms with Crippen molar-refractivity contribution < 1.29 is 4.79 Å². The molecule has 0 bridgehead atoms. The number of amides is 1. The average Bonchev–Trinajstić information content (AvgIpc) is 3.36. The van der Waals surface area contributed by atoms with Gasteiger partial charge in [0.25, 0.3) is 0 Å². The van der Waals surface area contributed by atoms with Crippen LogP contribution in [0.5, 0.6) is 0 Å². The number of nitrogens with zero attached hydrogens (tertiary/aromatic N) is 4. The van der Waals surface area contributed by atoms with Crippen molar-refractivity contribution >= 4 is 22.8 Å². The number of benzene rings is 1. The number of aromatic amines is 1. The van der Waals surface area contributed by atoms with Crippen LogP contribution in [0.15, 0.2) is 55.0 Å². The minimum absolute atomic E-state index is 0.101. The summed E-state index contributed by atoms with van der Waals surface area (Å²) in [6, 6.07) is 11.9. The standard InChI is InChI=1S/C22H20N6O/c23-22-26-19-13-28(12-17(19)21(27-22)15-4-3-9-24-10-15)20(29)8-7-14-11-25-18-6-2-1-5-16(14)18/h1-6,9-11,25H,7-8,12-13H2,(H2,23,26,27). The summed E-state index contributed by atoms with van der Waals surface area (Å²) in [4.78, 5) is 30.9. The molecule has 0 radical (unpaired) electrons. The van der Waals surface area contributed by atoms with E-state index in [1.165, 1.54) is 5.39 Å². The summed E-state index contributed by atoms with van der Waals surface area (Å²) in [7, 11) is 0. The van der Waals surface area contributed by atoms with E-state index in [-0.39, 0.29) is 11.9 Å². The number of rotatable bonds is 4. The first kappa shape index (κ1) is 17.4. The third-order valence-electron chi connectivity index (χ3n) is 5.37. The molecule has 1 aliphatic rings. The molecule has 1 amide bonds. The van der Waals surface area contributed by atoms with E-state index in [0.717, 1.165) is 33.6 Å². The smallest absolute Gasteiger partial charge is 0.223 e. The van der Waals surface area contributed by atoms with Crippen molar-refractivity contribution in [3.63, 3.8) is 0 Å². The number of carbonyl (C=O) groups excluding carboxylic acids is 1. The summed E-state index contributed by atoms with van der Waals surface area (Å²) in [6.45, 7) is 0.953. The highest BCUT2D eigenvalue weighted by molar-refractivity contribution is 5.84. The van der Waals surface area contributed by atoms with E-state index in [0.29, 0.717) is 25.9 Å². The lowest BCUT2D eigenvalue weighted by atomic mass is 10.1. The third-order valence-corrected chi connectivity index (χ3v) is 5.37. The summed E-state index contributed by atoms with van der Waals surface area (Å²) in [5, 5.41) is 1.17. The van der Waals surface area contributed by atoms with Crippen LogP contribution in [-0.4, -0.2) is 30.7 Å². The predicted molar refractivity (Wildman–Crippen MR) is 111 cm³/mol. The maximum Gasteiger partial charge on any atom is 0.223 e. The molecule has 1 aliphatic heterocycles. The van der Waals surface area contributed by atoms with E-state index < -0.39 is 0 Å². The van der Waals surface area contributed by atoms with Crippen molar-refractivity contribution in [2.24, 2.45) is 0 Å². The number of hydrogen-bond acceptors (Lipinski definition) is 5. The summed E-state index contributed by atoms with van der Waals surface area (Å²) in [5.74, 6) is 0.319. The zero-order chi connectivity index (χ0) is 19.8. The van der Waals surface area contributed by atoms with Crippen molar-refractivity contribution in [3.05, 3.63) is 71.8 Å². The Labute approximate surface area is 167 Å². The average molecular weight is 384 g/mol. The number of pyridine rings is 1. The lowest BCUT2D eigenvalue weighted by Gasteiger charge is -2.15. The first-order valence-electron chi connectivity index (χ1n) is 9.57. The van der Waals surface area contributed by atoms with E-state index in [1.54, 1.807) is 12.4 Å². The molecule has 4 heterocycles. The van der Waals surface area contributed by atoms with Gasteiger partial charge in [-0.25, -0.2) is 9.97 Å². The van der Waals surface area contributed by atoms with Gasteiger partial charge in [-0.05, 0) is 30.2 Å². The van der Waals surface area contributed by atoms with Gasteiger partial charge in [0.15, 0.2) is 0 Å². The Balaban J connectivity index is 1.34. The van der Waals surface area contributed by atoms with Crippen LogP contribution in [0.4, 0.5) is 5.95 Å². The van der Waals surface area contributed by atoms with E-state index in [1.807, 2.05) is 41.4 Å². The van der Waals surface area contributed by atoms with E-state index in [9.17, 15) is 4.79 Å². The Kier molecular flexibility index (Phi) is 4.20. The molecule has 0 saturated carbocycles. The summed E-state index contributed by atoms with van der Waals surface area (Å²) < 4.78 is 0. The van der Waals surface area contributed by atoms with Gasteiger partial charge in [0, 0.05) is 47.0 Å². The van der Waals surface area contributed by atoms with Gasteiger partial charge >= 0.3 is 0 Å². The molecule has 29 heavy (non-hydrogen) atoms. The maximum absolute atomic E-state index is 12.9. The number of H-pyrrole nitrogens is 1. The molecule has 1 aromatic carbocycles. The third kappa shape index (κ3) is 3.20. The summed E-state index contributed by atoms with van der Waals surface area (Å²) in [6.07, 6.45) is 6.60. The number of para-hydroxylation sites is 1. The number of fused-ring (bicyclic) bond motifs is 2. The number of anilines is 1. The molecule has 144 valence electrons. The number of nitrogens with one attached hydrogen (secondary N) is 1. The van der Waals surface area contributed by atoms with E-state index >= 15 is 0 Å². The number of nitrogen functional groups attached to an aromatic ring is 1. The molecule has 0 saturated heterocycles. The molecule has 0 fully saturated rings. The minimum Gasteiger partial charge on any atom is -0.368 e. The van der Waals surface area contributed by atoms with Gasteiger partial charge in [0.05, 0.1) is 24.5 Å². The Morgan fingerprint density at radius 2 is 2.03 bits per heavy atom. The Morgan fingerprint density at radius 1 is 1.14 bits per heavy atom. The maximum atomic E-state index is 12.9. The number of aryl methyl sites for hydroxylation is 1. The van der Waals surface area contributed by atoms with Crippen molar-refractivity contribution in [2.45, 2.75) is 25.9 Å². The summed E-state index contributed by atoms with van der Waals surface area (Å²) in [5.41, 5.74) is 11.6. The highest BCUT2D eigenvalue weighted by atomic mass is 16.2. The van der Waals surface area contributed by atoms with Crippen molar-refractivity contribution in [1.82, 2.24) is 24.8 Å². The van der Waals surface area contributed by atoms with Crippen LogP contribution in [-0.2, 0) is 24.3 Å². The largest absolute Gasteiger partial charge is 0.368 e. The molecule has 3 aromatic heterocycles. The monoisotopic (exact) mass is 384 g/mol. The molecular formula is C22H20N6O. The topological polar surface area (TPSA) is 101 Å². The van der Waals surface area contributed by atoms with Crippen LogP contribution in [0.1, 0.15) is 23.2 Å². The molecule has 0 atom stereocenters. The zero-order valence-electron chi connectivity index (χ0n) is 15.8. The number of nitrogens with two attached hydrogens (primary N) is 1. The van der Waals surface area contributed by atoms with Crippen molar-refractivity contribution in [3.8, 4) is 11.3 Å². The summed E-state index contributed by atoms with van der Waals surface area (Å²) >= 11 is 0. The fraction of sp³-hybridized carbons (Fsp3) is 0.182. The molecule has 0 aliphatic carbocycles.